The highest BCUT2D eigenvalue weighted by atomic mass is 79.9. The standard InChI is InChI=1S/C13H12BrNO2/c1-3-8(2)7-15-11-6-9(14)4-5-10(11)12(16)13(15)17/h4-6H,2-3,7H2,1H3. The summed E-state index contributed by atoms with van der Waals surface area (Å²) in [5.41, 5.74) is 2.07. The Morgan fingerprint density at radius 1 is 1.41 bits per heavy atom. The fourth-order valence-corrected chi connectivity index (χ4v) is 2.11. The maximum atomic E-state index is 11.8. The molecule has 0 aliphatic carbocycles. The third-order valence-corrected chi connectivity index (χ3v) is 3.31. The topological polar surface area (TPSA) is 37.4 Å². The zero-order valence-corrected chi connectivity index (χ0v) is 11.1. The number of anilines is 1. The second-order valence-corrected chi connectivity index (χ2v) is 4.90. The summed E-state index contributed by atoms with van der Waals surface area (Å²) in [5.74, 6) is -0.899. The smallest absolute Gasteiger partial charge is 0.299 e. The van der Waals surface area contributed by atoms with E-state index in [-0.39, 0.29) is 0 Å². The SMILES string of the molecule is C=C(CC)CN1C(=O)C(=O)c2ccc(Br)cc21. The molecule has 0 N–H and O–H groups in total. The van der Waals surface area contributed by atoms with E-state index in [1.54, 1.807) is 18.2 Å². The van der Waals surface area contributed by atoms with Crippen molar-refractivity contribution in [1.29, 1.82) is 0 Å². The van der Waals surface area contributed by atoms with E-state index in [9.17, 15) is 9.59 Å². The Morgan fingerprint density at radius 3 is 2.76 bits per heavy atom. The van der Waals surface area contributed by atoms with Gasteiger partial charge in [-0.25, -0.2) is 0 Å². The van der Waals surface area contributed by atoms with Crippen LogP contribution in [0.5, 0.6) is 0 Å². The predicted octanol–water partition coefficient (Wildman–Crippen LogP) is 2.94. The van der Waals surface area contributed by atoms with Gasteiger partial charge in [0.15, 0.2) is 0 Å². The number of benzene rings is 1. The Hall–Kier alpha value is -1.42. The number of halogens is 1. The molecular weight excluding hydrogens is 282 g/mol. The van der Waals surface area contributed by atoms with Crippen molar-refractivity contribution >= 4 is 33.3 Å². The van der Waals surface area contributed by atoms with Gasteiger partial charge in [-0.1, -0.05) is 35.0 Å². The summed E-state index contributed by atoms with van der Waals surface area (Å²) in [5, 5.41) is 0. The maximum Gasteiger partial charge on any atom is 0.299 e. The van der Waals surface area contributed by atoms with Crippen molar-refractivity contribution in [3.63, 3.8) is 0 Å². The Labute approximate surface area is 108 Å². The first kappa shape index (κ1) is 12.0. The monoisotopic (exact) mass is 293 g/mol. The lowest BCUT2D eigenvalue weighted by Gasteiger charge is -2.17. The fourth-order valence-electron chi connectivity index (χ4n) is 1.76. The number of fused-ring (bicyclic) bond motifs is 1. The molecule has 88 valence electrons. The molecule has 0 radical (unpaired) electrons. The molecule has 0 bridgehead atoms. The van der Waals surface area contributed by atoms with Crippen LogP contribution in [0.3, 0.4) is 0 Å². The summed E-state index contributed by atoms with van der Waals surface area (Å²) in [6, 6.07) is 5.23. The molecule has 1 amide bonds. The average molecular weight is 294 g/mol. The van der Waals surface area contributed by atoms with E-state index in [2.05, 4.69) is 22.5 Å². The molecule has 4 heteroatoms. The fraction of sp³-hybridized carbons (Fsp3) is 0.231. The third-order valence-electron chi connectivity index (χ3n) is 2.82. The van der Waals surface area contributed by atoms with Gasteiger partial charge in [0.25, 0.3) is 11.7 Å². The van der Waals surface area contributed by atoms with E-state index in [0.29, 0.717) is 17.8 Å². The van der Waals surface area contributed by atoms with Gasteiger partial charge < -0.3 is 4.90 Å². The maximum absolute atomic E-state index is 11.8. The highest BCUT2D eigenvalue weighted by Crippen LogP contribution is 2.32. The van der Waals surface area contributed by atoms with E-state index in [4.69, 9.17) is 0 Å². The molecule has 0 saturated heterocycles. The summed E-state index contributed by atoms with van der Waals surface area (Å²) in [6.07, 6.45) is 0.793. The lowest BCUT2D eigenvalue weighted by atomic mass is 10.1. The number of rotatable bonds is 3. The molecule has 0 spiro atoms. The highest BCUT2D eigenvalue weighted by molar-refractivity contribution is 9.10. The van der Waals surface area contributed by atoms with Gasteiger partial charge in [-0.2, -0.15) is 0 Å². The quantitative estimate of drug-likeness (QED) is 0.635. The second-order valence-electron chi connectivity index (χ2n) is 3.99. The molecule has 1 aliphatic rings. The van der Waals surface area contributed by atoms with Crippen molar-refractivity contribution in [2.45, 2.75) is 13.3 Å². The van der Waals surface area contributed by atoms with Crippen molar-refractivity contribution in [3.8, 4) is 0 Å². The lowest BCUT2D eigenvalue weighted by Crippen LogP contribution is -2.31. The number of hydrogen-bond acceptors (Lipinski definition) is 2. The van der Waals surface area contributed by atoms with E-state index in [1.165, 1.54) is 4.90 Å². The molecule has 1 aliphatic heterocycles. The minimum atomic E-state index is -0.465. The minimum absolute atomic E-state index is 0.407. The summed E-state index contributed by atoms with van der Waals surface area (Å²) < 4.78 is 0.853. The molecular formula is C13H12BrNO2. The second kappa shape index (κ2) is 4.45. The molecule has 0 aromatic heterocycles. The minimum Gasteiger partial charge on any atom is -0.301 e. The number of amides is 1. The lowest BCUT2D eigenvalue weighted by molar-refractivity contribution is -0.114. The Morgan fingerprint density at radius 2 is 2.12 bits per heavy atom. The van der Waals surface area contributed by atoms with E-state index in [0.717, 1.165) is 16.5 Å². The first-order valence-electron chi connectivity index (χ1n) is 5.37. The molecule has 0 unspecified atom stereocenters. The number of Topliss-reactive ketones (excluding diaryl/α,β-unsaturated/α-hetero) is 1. The predicted molar refractivity (Wildman–Crippen MR) is 70.3 cm³/mol. The van der Waals surface area contributed by atoms with Crippen molar-refractivity contribution < 1.29 is 9.59 Å². The van der Waals surface area contributed by atoms with Crippen LogP contribution in [0.4, 0.5) is 5.69 Å². The number of hydrogen-bond donors (Lipinski definition) is 0. The van der Waals surface area contributed by atoms with Crippen LogP contribution in [0.15, 0.2) is 34.8 Å². The third kappa shape index (κ3) is 2.05. The van der Waals surface area contributed by atoms with Gasteiger partial charge in [0, 0.05) is 11.0 Å². The van der Waals surface area contributed by atoms with Gasteiger partial charge in [-0.05, 0) is 24.6 Å². The van der Waals surface area contributed by atoms with E-state index < -0.39 is 11.7 Å². The van der Waals surface area contributed by atoms with Gasteiger partial charge in [0.1, 0.15) is 0 Å². The molecule has 17 heavy (non-hydrogen) atoms. The first-order valence-corrected chi connectivity index (χ1v) is 6.16. The summed E-state index contributed by atoms with van der Waals surface area (Å²) in [7, 11) is 0. The van der Waals surface area contributed by atoms with Crippen LogP contribution in [-0.4, -0.2) is 18.2 Å². The van der Waals surface area contributed by atoms with Crippen LogP contribution in [0.25, 0.3) is 0 Å². The van der Waals surface area contributed by atoms with E-state index >= 15 is 0 Å². The van der Waals surface area contributed by atoms with Gasteiger partial charge in [-0.15, -0.1) is 0 Å². The summed E-state index contributed by atoms with van der Waals surface area (Å²) in [6.45, 7) is 6.26. The van der Waals surface area contributed by atoms with Crippen molar-refractivity contribution in [2.24, 2.45) is 0 Å². The number of ketones is 1. The van der Waals surface area contributed by atoms with Crippen molar-refractivity contribution in [1.82, 2.24) is 0 Å². The molecule has 3 nitrogen and oxygen atoms in total. The summed E-state index contributed by atoms with van der Waals surface area (Å²) >= 11 is 3.34. The zero-order chi connectivity index (χ0) is 12.6. The molecule has 0 fully saturated rings. The van der Waals surface area contributed by atoms with Crippen molar-refractivity contribution in [3.05, 3.63) is 40.4 Å². The van der Waals surface area contributed by atoms with Crippen LogP contribution < -0.4 is 4.90 Å². The Bertz CT molecular complexity index is 522. The Balaban J connectivity index is 2.42. The van der Waals surface area contributed by atoms with Gasteiger partial charge in [0.2, 0.25) is 0 Å². The molecule has 1 aromatic carbocycles. The van der Waals surface area contributed by atoms with Crippen LogP contribution in [0.1, 0.15) is 23.7 Å². The normalized spacial score (nSPS) is 14.1. The molecule has 2 rings (SSSR count). The van der Waals surface area contributed by atoms with Gasteiger partial charge in [0.05, 0.1) is 11.3 Å². The first-order chi connectivity index (χ1) is 8.04. The van der Waals surface area contributed by atoms with Crippen LogP contribution in [0.2, 0.25) is 0 Å². The highest BCUT2D eigenvalue weighted by Gasteiger charge is 2.35. The average Bonchev–Trinajstić information content (AvgIpc) is 2.54. The number of nitrogens with zero attached hydrogens (tertiary/aromatic N) is 1. The largest absolute Gasteiger partial charge is 0.301 e. The van der Waals surface area contributed by atoms with E-state index in [1.807, 2.05) is 6.92 Å². The Kier molecular flexibility index (Phi) is 3.15. The number of carbonyl (C=O) groups is 2. The van der Waals surface area contributed by atoms with Crippen LogP contribution in [-0.2, 0) is 4.79 Å². The summed E-state index contributed by atoms with van der Waals surface area (Å²) in [4.78, 5) is 25.1. The van der Waals surface area contributed by atoms with Crippen LogP contribution in [0, 0.1) is 0 Å². The zero-order valence-electron chi connectivity index (χ0n) is 9.50. The molecule has 1 heterocycles. The van der Waals surface area contributed by atoms with Crippen LogP contribution >= 0.6 is 15.9 Å². The molecule has 0 atom stereocenters. The number of carbonyl (C=O) groups excluding carboxylic acids is 2. The van der Waals surface area contributed by atoms with Crippen molar-refractivity contribution in [2.75, 3.05) is 11.4 Å². The van der Waals surface area contributed by atoms with Gasteiger partial charge in [-0.3, -0.25) is 9.59 Å². The van der Waals surface area contributed by atoms with Gasteiger partial charge >= 0.3 is 0 Å². The molecule has 0 saturated carbocycles. The molecule has 1 aromatic rings.